The highest BCUT2D eigenvalue weighted by Gasteiger charge is 2.41. The number of carbonyl (C=O) groups excluding carboxylic acids is 1. The van der Waals surface area contributed by atoms with E-state index in [-0.39, 0.29) is 62.2 Å². The molecule has 1 amide bonds. The summed E-state index contributed by atoms with van der Waals surface area (Å²) < 4.78 is 89.8. The number of likely N-dealkylation sites (tertiary alicyclic amines) is 1. The van der Waals surface area contributed by atoms with Crippen LogP contribution in [-0.2, 0) is 20.8 Å². The zero-order valence-electron chi connectivity index (χ0n) is 15.4. The molecule has 0 radical (unpaired) electrons. The second-order valence-corrected chi connectivity index (χ2v) is 9.71. The Labute approximate surface area is 165 Å². The normalized spacial score (nSPS) is 24.8. The summed E-state index contributed by atoms with van der Waals surface area (Å²) in [7, 11) is -3.91. The number of hydrogen-bond donors (Lipinski definition) is 1. The van der Waals surface area contributed by atoms with E-state index in [0.29, 0.717) is 6.07 Å². The first-order chi connectivity index (χ1) is 13.4. The van der Waals surface area contributed by atoms with Crippen molar-refractivity contribution in [2.45, 2.75) is 54.0 Å². The van der Waals surface area contributed by atoms with Crippen LogP contribution in [0.15, 0.2) is 29.2 Å². The van der Waals surface area contributed by atoms with Crippen LogP contribution >= 0.6 is 0 Å². The zero-order valence-corrected chi connectivity index (χ0v) is 16.2. The second kappa shape index (κ2) is 7.82. The van der Waals surface area contributed by atoms with Crippen molar-refractivity contribution >= 4 is 15.7 Å². The Kier molecular flexibility index (Phi) is 5.92. The molecule has 1 N–H and O–H groups in total. The number of nitrogens with one attached hydrogen (secondary N) is 1. The van der Waals surface area contributed by atoms with Gasteiger partial charge in [-0.05, 0) is 31.0 Å². The van der Waals surface area contributed by atoms with Gasteiger partial charge in [0.25, 0.3) is 5.92 Å². The Hall–Kier alpha value is -1.75. The molecule has 0 spiro atoms. The number of alkyl halides is 5. The fraction of sp³-hybridized carbons (Fsp3) is 0.611. The minimum atomic E-state index is -4.63. The van der Waals surface area contributed by atoms with Crippen molar-refractivity contribution in [1.29, 1.82) is 0 Å². The molecule has 162 valence electrons. The molecule has 5 nitrogen and oxygen atoms in total. The molecule has 11 heteroatoms. The van der Waals surface area contributed by atoms with E-state index in [9.17, 15) is 35.2 Å². The Morgan fingerprint density at radius 2 is 1.79 bits per heavy atom. The Balaban J connectivity index is 1.50. The first-order valence-corrected chi connectivity index (χ1v) is 10.7. The number of rotatable bonds is 5. The molecular weight excluding hydrogens is 419 g/mol. The third-order valence-electron chi connectivity index (χ3n) is 5.41. The Bertz CT molecular complexity index is 856. The van der Waals surface area contributed by atoms with Crippen LogP contribution in [0.1, 0.15) is 31.2 Å². The van der Waals surface area contributed by atoms with Crippen molar-refractivity contribution in [2.75, 3.05) is 19.6 Å². The molecule has 0 atom stereocenters. The molecule has 1 aromatic rings. The quantitative estimate of drug-likeness (QED) is 0.716. The van der Waals surface area contributed by atoms with Gasteiger partial charge in [0.15, 0.2) is 9.84 Å². The molecule has 0 aromatic heterocycles. The van der Waals surface area contributed by atoms with E-state index in [0.717, 1.165) is 18.2 Å². The highest BCUT2D eigenvalue weighted by atomic mass is 32.2. The van der Waals surface area contributed by atoms with Crippen molar-refractivity contribution in [1.82, 2.24) is 10.2 Å². The topological polar surface area (TPSA) is 66.5 Å². The van der Waals surface area contributed by atoms with E-state index in [1.807, 2.05) is 0 Å². The average molecular weight is 440 g/mol. The molecule has 29 heavy (non-hydrogen) atoms. The van der Waals surface area contributed by atoms with Crippen LogP contribution in [0, 0.1) is 0 Å². The average Bonchev–Trinajstić information content (AvgIpc) is 2.59. The number of carbonyl (C=O) groups is 1. The van der Waals surface area contributed by atoms with Crippen molar-refractivity contribution < 1.29 is 35.2 Å². The third-order valence-corrected chi connectivity index (χ3v) is 7.59. The molecule has 2 fully saturated rings. The van der Waals surface area contributed by atoms with Gasteiger partial charge in [-0.15, -0.1) is 0 Å². The summed E-state index contributed by atoms with van der Waals surface area (Å²) in [5.41, 5.74) is -1.02. The van der Waals surface area contributed by atoms with Gasteiger partial charge in [0.1, 0.15) is 0 Å². The first kappa shape index (κ1) is 21.9. The van der Waals surface area contributed by atoms with Gasteiger partial charge in [-0.1, -0.05) is 6.07 Å². The SMILES string of the molecule is O=C(CN[C@H]1C[C@H](S(=O)(=O)c2cccc(C(F)(F)F)c2)C1)N1CCC(F)(F)CC1. The lowest BCUT2D eigenvalue weighted by atomic mass is 9.92. The lowest BCUT2D eigenvalue weighted by Gasteiger charge is -2.36. The van der Waals surface area contributed by atoms with Gasteiger partial charge in [0.2, 0.25) is 5.91 Å². The van der Waals surface area contributed by atoms with E-state index in [4.69, 9.17) is 0 Å². The van der Waals surface area contributed by atoms with Crippen LogP contribution in [0.2, 0.25) is 0 Å². The van der Waals surface area contributed by atoms with Crippen LogP contribution in [0.4, 0.5) is 22.0 Å². The number of piperidine rings is 1. The van der Waals surface area contributed by atoms with Gasteiger partial charge in [-0.2, -0.15) is 13.2 Å². The first-order valence-electron chi connectivity index (χ1n) is 9.19. The highest BCUT2D eigenvalue weighted by molar-refractivity contribution is 7.92. The van der Waals surface area contributed by atoms with Crippen molar-refractivity contribution in [3.05, 3.63) is 29.8 Å². The van der Waals surface area contributed by atoms with Crippen LogP contribution < -0.4 is 5.32 Å². The number of hydrogen-bond acceptors (Lipinski definition) is 4. The number of benzene rings is 1. The van der Waals surface area contributed by atoms with Crippen LogP contribution in [0.25, 0.3) is 0 Å². The van der Waals surface area contributed by atoms with Crippen molar-refractivity contribution in [3.63, 3.8) is 0 Å². The molecule has 1 saturated carbocycles. The van der Waals surface area contributed by atoms with E-state index < -0.39 is 32.7 Å². The van der Waals surface area contributed by atoms with Gasteiger partial charge in [0, 0.05) is 32.0 Å². The minimum absolute atomic E-state index is 0.0231. The molecule has 1 heterocycles. The maximum absolute atomic E-state index is 13.1. The predicted molar refractivity (Wildman–Crippen MR) is 94.2 cm³/mol. The third kappa shape index (κ3) is 5.06. The standard InChI is InChI=1S/C18H21F5N2O3S/c19-17(20)4-6-25(7-5-17)16(26)11-24-13-9-15(10-13)29(27,28)14-3-1-2-12(8-14)18(21,22)23/h1-3,8,13,15,24H,4-7,9-11H2/t13-,15-. The molecule has 0 bridgehead atoms. The second-order valence-electron chi connectivity index (χ2n) is 7.48. The fourth-order valence-electron chi connectivity index (χ4n) is 3.45. The summed E-state index contributed by atoms with van der Waals surface area (Å²) in [6, 6.07) is 3.37. The fourth-order valence-corrected chi connectivity index (χ4v) is 5.37. The van der Waals surface area contributed by atoms with E-state index in [2.05, 4.69) is 5.32 Å². The molecule has 1 aliphatic carbocycles. The van der Waals surface area contributed by atoms with Gasteiger partial charge in [0.05, 0.1) is 22.3 Å². The van der Waals surface area contributed by atoms with Gasteiger partial charge >= 0.3 is 6.18 Å². The maximum atomic E-state index is 13.1. The van der Waals surface area contributed by atoms with E-state index >= 15 is 0 Å². The summed E-state index contributed by atoms with van der Waals surface area (Å²) in [4.78, 5) is 13.1. The van der Waals surface area contributed by atoms with Crippen molar-refractivity contribution in [2.24, 2.45) is 0 Å². The van der Waals surface area contributed by atoms with Gasteiger partial charge in [-0.25, -0.2) is 17.2 Å². The maximum Gasteiger partial charge on any atom is 0.416 e. The Morgan fingerprint density at radius 3 is 2.38 bits per heavy atom. The largest absolute Gasteiger partial charge is 0.416 e. The summed E-state index contributed by atoms with van der Waals surface area (Å²) in [5.74, 6) is -3.08. The zero-order chi connectivity index (χ0) is 21.4. The Morgan fingerprint density at radius 1 is 1.17 bits per heavy atom. The molecular formula is C18H21F5N2O3S. The molecule has 0 unspecified atom stereocenters. The molecule has 1 aromatic carbocycles. The predicted octanol–water partition coefficient (Wildman–Crippen LogP) is 2.86. The minimum Gasteiger partial charge on any atom is -0.341 e. The molecule has 2 aliphatic rings. The van der Waals surface area contributed by atoms with Crippen LogP contribution in [0.3, 0.4) is 0 Å². The van der Waals surface area contributed by atoms with E-state index in [1.165, 1.54) is 4.90 Å². The van der Waals surface area contributed by atoms with Crippen LogP contribution in [0.5, 0.6) is 0 Å². The molecule has 1 aliphatic heterocycles. The van der Waals surface area contributed by atoms with Gasteiger partial charge < -0.3 is 10.2 Å². The number of sulfone groups is 1. The van der Waals surface area contributed by atoms with Crippen LogP contribution in [-0.4, -0.2) is 56.1 Å². The summed E-state index contributed by atoms with van der Waals surface area (Å²) >= 11 is 0. The number of amides is 1. The monoisotopic (exact) mass is 440 g/mol. The molecule has 1 saturated heterocycles. The van der Waals surface area contributed by atoms with Gasteiger partial charge in [-0.3, -0.25) is 4.79 Å². The number of nitrogens with zero attached hydrogens (tertiary/aromatic N) is 1. The van der Waals surface area contributed by atoms with E-state index in [1.54, 1.807) is 0 Å². The molecule has 3 rings (SSSR count). The lowest BCUT2D eigenvalue weighted by molar-refractivity contribution is -0.138. The summed E-state index contributed by atoms with van der Waals surface area (Å²) in [6.45, 7) is -0.137. The smallest absolute Gasteiger partial charge is 0.341 e. The number of halogens is 5. The summed E-state index contributed by atoms with van der Waals surface area (Å²) in [6.07, 6.45) is -5.04. The summed E-state index contributed by atoms with van der Waals surface area (Å²) in [5, 5.41) is 2.08. The highest BCUT2D eigenvalue weighted by Crippen LogP contribution is 2.35. The lowest BCUT2D eigenvalue weighted by Crippen LogP contribution is -2.52. The van der Waals surface area contributed by atoms with Crippen molar-refractivity contribution in [3.8, 4) is 0 Å².